The van der Waals surface area contributed by atoms with Crippen molar-refractivity contribution >= 4 is 5.82 Å². The topological polar surface area (TPSA) is 66.5 Å². The van der Waals surface area contributed by atoms with Gasteiger partial charge in [-0.2, -0.15) is 5.26 Å². The molecule has 0 saturated heterocycles. The molecule has 1 N–H and O–H groups in total. The number of aromatic nitrogens is 3. The van der Waals surface area contributed by atoms with Gasteiger partial charge in [0.15, 0.2) is 5.82 Å². The maximum atomic E-state index is 9.06. The first-order valence-electron chi connectivity index (χ1n) is 7.79. The van der Waals surface area contributed by atoms with E-state index in [0.717, 1.165) is 42.0 Å². The molecule has 5 rings (SSSR count). The van der Waals surface area contributed by atoms with E-state index < -0.39 is 0 Å². The average molecular weight is 271 g/mol. The molecule has 4 bridgehead atoms. The van der Waals surface area contributed by atoms with Gasteiger partial charge in [-0.1, -0.05) is 5.21 Å². The van der Waals surface area contributed by atoms with E-state index in [9.17, 15) is 0 Å². The van der Waals surface area contributed by atoms with E-state index in [-0.39, 0.29) is 0 Å². The SMILES string of the molecule is CNc1c(C#N)nnn1CC1C2CC3CC(C2)CC1C3. The van der Waals surface area contributed by atoms with Gasteiger partial charge in [-0.05, 0) is 61.7 Å². The van der Waals surface area contributed by atoms with Crippen LogP contribution in [0, 0.1) is 40.9 Å². The lowest BCUT2D eigenvalue weighted by Gasteiger charge is -2.54. The summed E-state index contributed by atoms with van der Waals surface area (Å²) < 4.78 is 1.92. The average Bonchev–Trinajstić information content (AvgIpc) is 2.83. The first-order valence-corrected chi connectivity index (χ1v) is 7.79. The lowest BCUT2D eigenvalue weighted by Crippen LogP contribution is -2.46. The van der Waals surface area contributed by atoms with E-state index in [1.54, 1.807) is 0 Å². The van der Waals surface area contributed by atoms with Crippen molar-refractivity contribution in [3.8, 4) is 6.07 Å². The highest BCUT2D eigenvalue weighted by Crippen LogP contribution is 2.56. The van der Waals surface area contributed by atoms with Crippen LogP contribution in [0.25, 0.3) is 0 Å². The molecule has 0 amide bonds. The highest BCUT2D eigenvalue weighted by Gasteiger charge is 2.48. The Balaban J connectivity index is 1.58. The molecule has 0 radical (unpaired) electrons. The van der Waals surface area contributed by atoms with Gasteiger partial charge < -0.3 is 5.32 Å². The maximum absolute atomic E-state index is 9.06. The molecule has 5 heteroatoms. The monoisotopic (exact) mass is 271 g/mol. The van der Waals surface area contributed by atoms with Gasteiger partial charge in [-0.25, -0.2) is 4.68 Å². The van der Waals surface area contributed by atoms with E-state index in [0.29, 0.717) is 5.69 Å². The van der Waals surface area contributed by atoms with Crippen LogP contribution in [0.2, 0.25) is 0 Å². The summed E-state index contributed by atoms with van der Waals surface area (Å²) in [5.74, 6) is 5.28. The minimum absolute atomic E-state index is 0.413. The van der Waals surface area contributed by atoms with Gasteiger partial charge >= 0.3 is 0 Å². The Morgan fingerprint density at radius 1 is 1.20 bits per heavy atom. The second-order valence-corrected chi connectivity index (χ2v) is 6.93. The number of hydrogen-bond acceptors (Lipinski definition) is 4. The first kappa shape index (κ1) is 12.2. The largest absolute Gasteiger partial charge is 0.371 e. The number of rotatable bonds is 3. The van der Waals surface area contributed by atoms with Crippen molar-refractivity contribution in [3.63, 3.8) is 0 Å². The summed E-state index contributed by atoms with van der Waals surface area (Å²) in [5, 5.41) is 20.3. The fourth-order valence-corrected chi connectivity index (χ4v) is 5.30. The summed E-state index contributed by atoms with van der Waals surface area (Å²) in [6, 6.07) is 2.11. The molecule has 20 heavy (non-hydrogen) atoms. The minimum Gasteiger partial charge on any atom is -0.371 e. The Morgan fingerprint density at radius 3 is 2.40 bits per heavy atom. The molecule has 0 aliphatic heterocycles. The van der Waals surface area contributed by atoms with Gasteiger partial charge in [0.05, 0.1) is 0 Å². The summed E-state index contributed by atoms with van der Waals surface area (Å²) in [5.41, 5.74) is 0.413. The van der Waals surface area contributed by atoms with Gasteiger partial charge in [0.1, 0.15) is 6.07 Å². The van der Waals surface area contributed by atoms with Gasteiger partial charge in [-0.3, -0.25) is 0 Å². The maximum Gasteiger partial charge on any atom is 0.206 e. The summed E-state index contributed by atoms with van der Waals surface area (Å²) in [6.07, 6.45) is 7.18. The zero-order chi connectivity index (χ0) is 13.7. The highest BCUT2D eigenvalue weighted by molar-refractivity contribution is 5.46. The minimum atomic E-state index is 0.413. The van der Waals surface area contributed by atoms with Gasteiger partial charge in [0.2, 0.25) is 5.69 Å². The van der Waals surface area contributed by atoms with Crippen LogP contribution in [0.1, 0.15) is 37.8 Å². The van der Waals surface area contributed by atoms with Crippen molar-refractivity contribution in [2.45, 2.75) is 38.6 Å². The Morgan fingerprint density at radius 2 is 1.85 bits per heavy atom. The Hall–Kier alpha value is -1.57. The molecule has 1 aromatic rings. The number of nitriles is 1. The van der Waals surface area contributed by atoms with Crippen LogP contribution in [0.5, 0.6) is 0 Å². The number of hydrogen-bond donors (Lipinski definition) is 1. The molecule has 1 aromatic heterocycles. The van der Waals surface area contributed by atoms with E-state index in [2.05, 4.69) is 21.7 Å². The molecule has 5 nitrogen and oxygen atoms in total. The fraction of sp³-hybridized carbons (Fsp3) is 0.800. The summed E-state index contributed by atoms with van der Waals surface area (Å²) in [4.78, 5) is 0. The highest BCUT2D eigenvalue weighted by atomic mass is 15.5. The fourth-order valence-electron chi connectivity index (χ4n) is 5.30. The van der Waals surface area contributed by atoms with Gasteiger partial charge in [0.25, 0.3) is 0 Å². The predicted octanol–water partition coefficient (Wildman–Crippen LogP) is 2.26. The van der Waals surface area contributed by atoms with Crippen molar-refractivity contribution < 1.29 is 0 Å². The summed E-state index contributed by atoms with van der Waals surface area (Å²) >= 11 is 0. The van der Waals surface area contributed by atoms with Gasteiger partial charge in [-0.15, -0.1) is 5.10 Å². The molecule has 0 atom stereocenters. The Kier molecular flexibility index (Phi) is 2.73. The lowest BCUT2D eigenvalue weighted by molar-refractivity contribution is -0.0441. The third-order valence-corrected chi connectivity index (χ3v) is 5.88. The molecule has 4 fully saturated rings. The van der Waals surface area contributed by atoms with E-state index >= 15 is 0 Å². The standard InChI is InChI=1S/C15H21N5/c1-17-15-14(7-16)18-19-20(15)8-13-11-3-9-2-10(5-11)6-12(13)4-9/h9-13,17H,2-6,8H2,1H3. The third kappa shape index (κ3) is 1.74. The zero-order valence-corrected chi connectivity index (χ0v) is 11.9. The summed E-state index contributed by atoms with van der Waals surface area (Å²) in [7, 11) is 1.84. The van der Waals surface area contributed by atoms with Gasteiger partial charge in [0, 0.05) is 13.6 Å². The smallest absolute Gasteiger partial charge is 0.206 e. The quantitative estimate of drug-likeness (QED) is 0.915. The van der Waals surface area contributed by atoms with Crippen molar-refractivity contribution in [2.24, 2.45) is 29.6 Å². The van der Waals surface area contributed by atoms with Crippen LogP contribution in [-0.4, -0.2) is 22.0 Å². The molecule has 0 spiro atoms. The van der Waals surface area contributed by atoms with Crippen molar-refractivity contribution in [3.05, 3.63) is 5.69 Å². The van der Waals surface area contributed by atoms with Crippen molar-refractivity contribution in [1.82, 2.24) is 15.0 Å². The van der Waals surface area contributed by atoms with E-state index in [4.69, 9.17) is 5.26 Å². The third-order valence-electron chi connectivity index (χ3n) is 5.88. The molecule has 4 saturated carbocycles. The molecular weight excluding hydrogens is 250 g/mol. The normalized spacial score (nSPS) is 37.9. The van der Waals surface area contributed by atoms with Crippen LogP contribution in [0.3, 0.4) is 0 Å². The molecule has 4 aliphatic rings. The number of nitrogens with zero attached hydrogens (tertiary/aromatic N) is 4. The van der Waals surface area contributed by atoms with Crippen molar-refractivity contribution in [1.29, 1.82) is 5.26 Å². The Bertz CT molecular complexity index is 527. The Labute approximate surface area is 119 Å². The molecule has 106 valence electrons. The molecular formula is C15H21N5. The van der Waals surface area contributed by atoms with Crippen LogP contribution in [-0.2, 0) is 6.54 Å². The van der Waals surface area contributed by atoms with E-state index in [1.165, 1.54) is 32.1 Å². The molecule has 0 aromatic carbocycles. The van der Waals surface area contributed by atoms with Crippen LogP contribution < -0.4 is 5.32 Å². The summed E-state index contributed by atoms with van der Waals surface area (Å²) in [6.45, 7) is 0.930. The second kappa shape index (κ2) is 4.47. The zero-order valence-electron chi connectivity index (χ0n) is 11.9. The first-order chi connectivity index (χ1) is 9.78. The van der Waals surface area contributed by atoms with Crippen LogP contribution in [0.15, 0.2) is 0 Å². The molecule has 4 aliphatic carbocycles. The van der Waals surface area contributed by atoms with Crippen LogP contribution >= 0.6 is 0 Å². The predicted molar refractivity (Wildman–Crippen MR) is 74.8 cm³/mol. The van der Waals surface area contributed by atoms with Crippen molar-refractivity contribution in [2.75, 3.05) is 12.4 Å². The number of anilines is 1. The lowest BCUT2D eigenvalue weighted by atomic mass is 9.52. The second-order valence-electron chi connectivity index (χ2n) is 6.93. The number of nitrogens with one attached hydrogen (secondary N) is 1. The molecule has 1 heterocycles. The van der Waals surface area contributed by atoms with E-state index in [1.807, 2.05) is 11.7 Å². The van der Waals surface area contributed by atoms with Crippen LogP contribution in [0.4, 0.5) is 5.82 Å². The molecule has 0 unspecified atom stereocenters.